The third-order valence-electron chi connectivity index (χ3n) is 4.59. The van der Waals surface area contributed by atoms with Gasteiger partial charge in [-0.05, 0) is 37.1 Å². The molecule has 0 unspecified atom stereocenters. The molecule has 3 rings (SSSR count). The van der Waals surface area contributed by atoms with Crippen LogP contribution in [0.4, 0.5) is 13.2 Å². The van der Waals surface area contributed by atoms with Crippen molar-refractivity contribution in [2.24, 2.45) is 11.5 Å². The highest BCUT2D eigenvalue weighted by Gasteiger charge is 2.31. The first kappa shape index (κ1) is 22.4. The summed E-state index contributed by atoms with van der Waals surface area (Å²) in [5.41, 5.74) is 12.0. The molecule has 0 radical (unpaired) electrons. The van der Waals surface area contributed by atoms with Gasteiger partial charge in [-0.2, -0.15) is 13.2 Å². The van der Waals surface area contributed by atoms with Crippen LogP contribution in [0.25, 0.3) is 5.70 Å². The maximum Gasteiger partial charge on any atom is 0.416 e. The minimum absolute atomic E-state index is 0.0142. The fourth-order valence-corrected chi connectivity index (χ4v) is 3.03. The van der Waals surface area contributed by atoms with Gasteiger partial charge in [-0.3, -0.25) is 5.41 Å². The van der Waals surface area contributed by atoms with Crippen LogP contribution in [0.3, 0.4) is 0 Å². The number of methoxy groups -OCH3 is 1. The maximum atomic E-state index is 12.8. The number of rotatable bonds is 3. The predicted octanol–water partition coefficient (Wildman–Crippen LogP) is 3.24. The molecule has 1 aromatic rings. The number of amidine groups is 1. The molecular weight excluding hydrogens is 385 g/mol. The lowest BCUT2D eigenvalue weighted by atomic mass is 9.97. The van der Waals surface area contributed by atoms with Crippen LogP contribution < -0.4 is 21.5 Å². The molecule has 6 nitrogen and oxygen atoms in total. The molecule has 0 saturated heterocycles. The van der Waals surface area contributed by atoms with E-state index in [1.807, 2.05) is 0 Å². The number of benzene rings is 1. The van der Waals surface area contributed by atoms with E-state index in [1.165, 1.54) is 32.2 Å². The van der Waals surface area contributed by atoms with E-state index >= 15 is 0 Å². The van der Waals surface area contributed by atoms with Gasteiger partial charge in [0.15, 0.2) is 0 Å². The van der Waals surface area contributed by atoms with Crippen molar-refractivity contribution in [2.75, 3.05) is 7.11 Å². The van der Waals surface area contributed by atoms with Crippen LogP contribution in [0.1, 0.15) is 36.8 Å². The van der Waals surface area contributed by atoms with E-state index in [0.717, 1.165) is 25.0 Å². The molecule has 0 amide bonds. The third-order valence-corrected chi connectivity index (χ3v) is 4.59. The quantitative estimate of drug-likeness (QED) is 0.387. The highest BCUT2D eigenvalue weighted by Crippen LogP contribution is 2.35. The standard InChI is InChI=1S/C15H15F3N4O.C5H10O/c1-23-12-6-8(15(16,17)18)2-3-10(12)13(19)9-4-5-22-7-11(9)14(20)21;6-5-3-1-2-4-5/h2-7,22H,19H2,1H3,(H3,20,21);5-6H,1-4H2/b13-9-;. The third kappa shape index (κ3) is 5.77. The summed E-state index contributed by atoms with van der Waals surface area (Å²) in [6, 6.07) is 3.04. The van der Waals surface area contributed by atoms with E-state index in [2.05, 4.69) is 5.32 Å². The molecule has 29 heavy (non-hydrogen) atoms. The van der Waals surface area contributed by atoms with Gasteiger partial charge in [0.2, 0.25) is 0 Å². The first-order valence-corrected chi connectivity index (χ1v) is 9.06. The van der Waals surface area contributed by atoms with E-state index in [4.69, 9.17) is 26.7 Å². The fourth-order valence-electron chi connectivity index (χ4n) is 3.03. The number of aliphatic hydroxyl groups excluding tert-OH is 1. The topological polar surface area (TPSA) is 117 Å². The number of nitrogens with two attached hydrogens (primary N) is 2. The molecule has 158 valence electrons. The van der Waals surface area contributed by atoms with Gasteiger partial charge in [-0.1, -0.05) is 12.8 Å². The predicted molar refractivity (Wildman–Crippen MR) is 106 cm³/mol. The van der Waals surface area contributed by atoms with Crippen molar-refractivity contribution in [3.63, 3.8) is 0 Å². The summed E-state index contributed by atoms with van der Waals surface area (Å²) in [7, 11) is 1.26. The second-order valence-corrected chi connectivity index (χ2v) is 6.65. The second-order valence-electron chi connectivity index (χ2n) is 6.65. The lowest BCUT2D eigenvalue weighted by Gasteiger charge is -2.18. The molecule has 7 N–H and O–H groups in total. The number of hydrogen-bond acceptors (Lipinski definition) is 5. The number of halogens is 3. The molecule has 9 heteroatoms. The number of aliphatic hydroxyl groups is 1. The number of ether oxygens (including phenoxy) is 1. The molecule has 1 saturated carbocycles. The van der Waals surface area contributed by atoms with Gasteiger partial charge >= 0.3 is 6.18 Å². The van der Waals surface area contributed by atoms with Gasteiger partial charge in [0.25, 0.3) is 0 Å². The van der Waals surface area contributed by atoms with E-state index in [-0.39, 0.29) is 28.9 Å². The highest BCUT2D eigenvalue weighted by molar-refractivity contribution is 6.02. The number of hydrogen-bond donors (Lipinski definition) is 5. The summed E-state index contributed by atoms with van der Waals surface area (Å²) < 4.78 is 43.4. The van der Waals surface area contributed by atoms with Crippen molar-refractivity contribution in [2.45, 2.75) is 38.0 Å². The van der Waals surface area contributed by atoms with Crippen molar-refractivity contribution in [3.05, 3.63) is 58.9 Å². The summed E-state index contributed by atoms with van der Waals surface area (Å²) in [6.07, 6.45) is 4.77. The Labute approximate surface area is 167 Å². The van der Waals surface area contributed by atoms with Crippen LogP contribution in [0.5, 0.6) is 5.75 Å². The van der Waals surface area contributed by atoms with Gasteiger partial charge in [-0.25, -0.2) is 0 Å². The molecule has 0 aromatic heterocycles. The molecule has 1 aromatic carbocycles. The fraction of sp³-hybridized carbons (Fsp3) is 0.350. The average Bonchev–Trinajstić information content (AvgIpc) is 3.17. The SMILES string of the molecule is COc1cc(C(F)(F)F)ccc1/C(N)=C1\C=CNC=C1C(=N)N.OC1CCCC1. The molecule has 0 spiro atoms. The highest BCUT2D eigenvalue weighted by atomic mass is 19.4. The van der Waals surface area contributed by atoms with Crippen LogP contribution in [-0.2, 0) is 6.18 Å². The van der Waals surface area contributed by atoms with E-state index < -0.39 is 11.7 Å². The number of dihydropyridines is 1. The maximum absolute atomic E-state index is 12.8. The van der Waals surface area contributed by atoms with Crippen molar-refractivity contribution >= 4 is 11.5 Å². The Balaban J connectivity index is 0.000000426. The minimum Gasteiger partial charge on any atom is -0.496 e. The smallest absolute Gasteiger partial charge is 0.416 e. The molecule has 1 fully saturated rings. The zero-order chi connectivity index (χ0) is 21.6. The van der Waals surface area contributed by atoms with Gasteiger partial charge in [0.05, 0.1) is 24.5 Å². The van der Waals surface area contributed by atoms with E-state index in [0.29, 0.717) is 11.1 Å². The Kier molecular flexibility index (Phi) is 7.33. The lowest BCUT2D eigenvalue weighted by molar-refractivity contribution is -0.137. The number of alkyl halides is 3. The van der Waals surface area contributed by atoms with Gasteiger partial charge in [0.1, 0.15) is 11.6 Å². The molecule has 0 bridgehead atoms. The molecular formula is C20H25F3N4O2. The van der Waals surface area contributed by atoms with Crippen molar-refractivity contribution in [1.29, 1.82) is 5.41 Å². The second kappa shape index (κ2) is 9.51. The zero-order valence-electron chi connectivity index (χ0n) is 16.0. The van der Waals surface area contributed by atoms with Crippen LogP contribution in [-0.4, -0.2) is 24.2 Å². The van der Waals surface area contributed by atoms with Crippen LogP contribution >= 0.6 is 0 Å². The summed E-state index contributed by atoms with van der Waals surface area (Å²) in [5, 5.41) is 19.1. The Morgan fingerprint density at radius 2 is 1.90 bits per heavy atom. The molecule has 2 aliphatic rings. The Hall–Kier alpha value is -2.94. The first-order valence-electron chi connectivity index (χ1n) is 9.06. The minimum atomic E-state index is -4.48. The molecule has 1 heterocycles. The zero-order valence-corrected chi connectivity index (χ0v) is 16.0. The van der Waals surface area contributed by atoms with Crippen molar-refractivity contribution < 1.29 is 23.0 Å². The lowest BCUT2D eigenvalue weighted by Crippen LogP contribution is -2.20. The van der Waals surface area contributed by atoms with Crippen LogP contribution in [0.2, 0.25) is 0 Å². The van der Waals surface area contributed by atoms with E-state index in [9.17, 15) is 13.2 Å². The van der Waals surface area contributed by atoms with E-state index in [1.54, 1.807) is 12.3 Å². The molecule has 1 aliphatic carbocycles. The van der Waals surface area contributed by atoms with Gasteiger partial charge < -0.3 is 26.6 Å². The Bertz CT molecular complexity index is 839. The molecule has 0 atom stereocenters. The summed E-state index contributed by atoms with van der Waals surface area (Å²) in [6.45, 7) is 0. The van der Waals surface area contributed by atoms with Crippen LogP contribution in [0, 0.1) is 5.41 Å². The Morgan fingerprint density at radius 1 is 1.24 bits per heavy atom. The average molecular weight is 410 g/mol. The number of nitrogens with one attached hydrogen (secondary N) is 2. The normalized spacial score (nSPS) is 18.3. The largest absolute Gasteiger partial charge is 0.496 e. The van der Waals surface area contributed by atoms with Crippen molar-refractivity contribution in [3.8, 4) is 5.75 Å². The monoisotopic (exact) mass is 410 g/mol. The van der Waals surface area contributed by atoms with Gasteiger partial charge in [0, 0.05) is 29.1 Å². The van der Waals surface area contributed by atoms with Gasteiger partial charge in [-0.15, -0.1) is 0 Å². The summed E-state index contributed by atoms with van der Waals surface area (Å²) >= 11 is 0. The Morgan fingerprint density at radius 3 is 2.38 bits per heavy atom. The summed E-state index contributed by atoms with van der Waals surface area (Å²) in [4.78, 5) is 0. The molecule has 1 aliphatic heterocycles. The van der Waals surface area contributed by atoms with Crippen LogP contribution in [0.15, 0.2) is 47.8 Å². The first-order chi connectivity index (χ1) is 13.6. The number of allylic oxidation sites excluding steroid dienone is 1. The van der Waals surface area contributed by atoms with Crippen molar-refractivity contribution in [1.82, 2.24) is 5.32 Å². The summed E-state index contributed by atoms with van der Waals surface area (Å²) in [5.74, 6) is -0.231.